The van der Waals surface area contributed by atoms with Gasteiger partial charge in [0, 0.05) is 33.9 Å². The molecule has 0 bridgehead atoms. The van der Waals surface area contributed by atoms with Gasteiger partial charge >= 0.3 is 0 Å². The van der Waals surface area contributed by atoms with E-state index < -0.39 is 0 Å². The molecule has 0 spiro atoms. The predicted molar refractivity (Wildman–Crippen MR) is 111 cm³/mol. The van der Waals surface area contributed by atoms with Gasteiger partial charge in [-0.3, -0.25) is 14.5 Å². The lowest BCUT2D eigenvalue weighted by molar-refractivity contribution is -0.137. The van der Waals surface area contributed by atoms with Gasteiger partial charge in [0.15, 0.2) is 0 Å². The molecule has 29 heavy (non-hydrogen) atoms. The Bertz CT molecular complexity index is 747. The summed E-state index contributed by atoms with van der Waals surface area (Å²) in [6.45, 7) is 9.49. The van der Waals surface area contributed by atoms with Gasteiger partial charge in [0.05, 0.1) is 24.9 Å². The van der Waals surface area contributed by atoms with Gasteiger partial charge in [-0.15, -0.1) is 6.58 Å². The van der Waals surface area contributed by atoms with E-state index in [-0.39, 0.29) is 24.5 Å². The Morgan fingerprint density at radius 2 is 1.62 bits per heavy atom. The van der Waals surface area contributed by atoms with Crippen molar-refractivity contribution in [2.24, 2.45) is 0 Å². The number of nitrogens with zero attached hydrogens (tertiary/aromatic N) is 2. The zero-order valence-corrected chi connectivity index (χ0v) is 17.6. The average Bonchev–Trinajstić information content (AvgIpc) is 2.93. The zero-order valence-electron chi connectivity index (χ0n) is 17.6. The first-order valence-corrected chi connectivity index (χ1v) is 9.65. The van der Waals surface area contributed by atoms with Crippen molar-refractivity contribution in [1.82, 2.24) is 9.80 Å². The zero-order chi connectivity index (χ0) is 21.4. The van der Waals surface area contributed by atoms with Crippen LogP contribution in [0.3, 0.4) is 0 Å². The van der Waals surface area contributed by atoms with Gasteiger partial charge in [-0.25, -0.2) is 0 Å². The van der Waals surface area contributed by atoms with Gasteiger partial charge in [-0.2, -0.15) is 0 Å². The lowest BCUT2D eigenvalue weighted by Gasteiger charge is -2.25. The molecule has 1 aromatic rings. The predicted octanol–water partition coefficient (Wildman–Crippen LogP) is 2.33. The molecule has 7 heteroatoms. The summed E-state index contributed by atoms with van der Waals surface area (Å²) in [5.41, 5.74) is 1.41. The summed E-state index contributed by atoms with van der Waals surface area (Å²) in [6, 6.07) is 7.23. The SMILES string of the molecule is C=CCN1C(=O)C(c2ccc(OC(C)C)cc2)=C(N(CCOC)CCOC)C1=O. The maximum absolute atomic E-state index is 13.1. The molecule has 7 nitrogen and oxygen atoms in total. The quantitative estimate of drug-likeness (QED) is 0.395. The van der Waals surface area contributed by atoms with Gasteiger partial charge < -0.3 is 19.1 Å². The standard InChI is InChI=1S/C22H30N2O5/c1-6-11-24-21(25)19(17-7-9-18(10-8-17)29-16(2)3)20(22(24)26)23(12-14-27-4)13-15-28-5/h6-10,16H,1,11-15H2,2-5H3. The summed E-state index contributed by atoms with van der Waals surface area (Å²) in [6.07, 6.45) is 1.59. The molecule has 0 fully saturated rings. The highest BCUT2D eigenvalue weighted by molar-refractivity contribution is 6.35. The van der Waals surface area contributed by atoms with E-state index in [0.717, 1.165) is 0 Å². The van der Waals surface area contributed by atoms with Crippen molar-refractivity contribution in [1.29, 1.82) is 0 Å². The molecule has 1 aromatic carbocycles. The average molecular weight is 402 g/mol. The van der Waals surface area contributed by atoms with Crippen LogP contribution in [0.5, 0.6) is 5.75 Å². The fraction of sp³-hybridized carbons (Fsp3) is 0.455. The number of carbonyl (C=O) groups is 2. The Labute approximate surface area is 172 Å². The number of ether oxygens (including phenoxy) is 3. The summed E-state index contributed by atoms with van der Waals surface area (Å²) in [5.74, 6) is 0.0446. The van der Waals surface area contributed by atoms with E-state index in [0.29, 0.717) is 48.9 Å². The number of imide groups is 1. The van der Waals surface area contributed by atoms with Gasteiger partial charge in [-0.05, 0) is 31.5 Å². The van der Waals surface area contributed by atoms with Gasteiger partial charge in [0.1, 0.15) is 11.4 Å². The largest absolute Gasteiger partial charge is 0.491 e. The second-order valence-corrected chi connectivity index (χ2v) is 6.90. The Morgan fingerprint density at radius 1 is 1.03 bits per heavy atom. The minimum atomic E-state index is -0.334. The first-order chi connectivity index (χ1) is 13.9. The van der Waals surface area contributed by atoms with Crippen LogP contribution in [0.1, 0.15) is 19.4 Å². The van der Waals surface area contributed by atoms with Crippen molar-refractivity contribution in [2.75, 3.05) is 47.1 Å². The molecule has 0 radical (unpaired) electrons. The Balaban J connectivity index is 2.49. The number of benzene rings is 1. The topological polar surface area (TPSA) is 68.3 Å². The number of hydrogen-bond acceptors (Lipinski definition) is 6. The van der Waals surface area contributed by atoms with Crippen molar-refractivity contribution in [2.45, 2.75) is 20.0 Å². The summed E-state index contributed by atoms with van der Waals surface area (Å²) < 4.78 is 16.1. The van der Waals surface area contributed by atoms with Crippen LogP contribution < -0.4 is 4.74 Å². The Morgan fingerprint density at radius 3 is 2.10 bits per heavy atom. The summed E-state index contributed by atoms with van der Waals surface area (Å²) in [4.78, 5) is 29.3. The molecule has 1 aliphatic rings. The third kappa shape index (κ3) is 5.46. The molecule has 2 amide bonds. The van der Waals surface area contributed by atoms with Crippen LogP contribution in [0, 0.1) is 0 Å². The van der Waals surface area contributed by atoms with Crippen molar-refractivity contribution >= 4 is 17.4 Å². The van der Waals surface area contributed by atoms with Crippen LogP contribution in [0.15, 0.2) is 42.6 Å². The Hall–Kier alpha value is -2.64. The minimum Gasteiger partial charge on any atom is -0.491 e. The first-order valence-electron chi connectivity index (χ1n) is 9.65. The molecule has 158 valence electrons. The molecular weight excluding hydrogens is 372 g/mol. The first kappa shape index (κ1) is 22.6. The third-order valence-electron chi connectivity index (χ3n) is 4.42. The van der Waals surface area contributed by atoms with Gasteiger partial charge in [0.25, 0.3) is 11.8 Å². The highest BCUT2D eigenvalue weighted by atomic mass is 16.5. The van der Waals surface area contributed by atoms with Crippen LogP contribution in [-0.4, -0.2) is 74.8 Å². The number of hydrogen-bond donors (Lipinski definition) is 0. The summed E-state index contributed by atoms with van der Waals surface area (Å²) in [5, 5.41) is 0. The number of amides is 2. The monoisotopic (exact) mass is 402 g/mol. The second-order valence-electron chi connectivity index (χ2n) is 6.90. The van der Waals surface area contributed by atoms with Crippen LogP contribution in [-0.2, 0) is 19.1 Å². The second kappa shape index (κ2) is 10.8. The normalized spacial score (nSPS) is 14.2. The molecule has 0 aromatic heterocycles. The summed E-state index contributed by atoms with van der Waals surface area (Å²) >= 11 is 0. The highest BCUT2D eigenvalue weighted by Gasteiger charge is 2.40. The molecule has 2 rings (SSSR count). The molecule has 0 saturated carbocycles. The smallest absolute Gasteiger partial charge is 0.278 e. The van der Waals surface area contributed by atoms with Crippen LogP contribution in [0.25, 0.3) is 5.57 Å². The molecule has 0 aliphatic carbocycles. The molecule has 0 unspecified atom stereocenters. The lowest BCUT2D eigenvalue weighted by atomic mass is 10.0. The van der Waals surface area contributed by atoms with Crippen LogP contribution in [0.2, 0.25) is 0 Å². The van der Waals surface area contributed by atoms with E-state index >= 15 is 0 Å². The maximum Gasteiger partial charge on any atom is 0.278 e. The van der Waals surface area contributed by atoms with E-state index in [1.54, 1.807) is 32.4 Å². The van der Waals surface area contributed by atoms with E-state index in [2.05, 4.69) is 6.58 Å². The minimum absolute atomic E-state index is 0.0481. The lowest BCUT2D eigenvalue weighted by Crippen LogP contribution is -2.37. The van der Waals surface area contributed by atoms with Crippen molar-refractivity contribution in [3.63, 3.8) is 0 Å². The molecular formula is C22H30N2O5. The third-order valence-corrected chi connectivity index (χ3v) is 4.42. The number of rotatable bonds is 12. The van der Waals surface area contributed by atoms with E-state index in [9.17, 15) is 9.59 Å². The molecule has 0 N–H and O–H groups in total. The van der Waals surface area contributed by atoms with Gasteiger partial charge in [0.2, 0.25) is 0 Å². The van der Waals surface area contributed by atoms with Gasteiger partial charge in [-0.1, -0.05) is 18.2 Å². The molecule has 0 saturated heterocycles. The van der Waals surface area contributed by atoms with E-state index in [1.165, 1.54) is 4.90 Å². The van der Waals surface area contributed by atoms with Crippen LogP contribution >= 0.6 is 0 Å². The molecule has 1 heterocycles. The highest BCUT2D eigenvalue weighted by Crippen LogP contribution is 2.32. The van der Waals surface area contributed by atoms with E-state index in [4.69, 9.17) is 14.2 Å². The summed E-state index contributed by atoms with van der Waals surface area (Å²) in [7, 11) is 3.20. The van der Waals surface area contributed by atoms with E-state index in [1.807, 2.05) is 30.9 Å². The molecule has 0 atom stereocenters. The maximum atomic E-state index is 13.1. The fourth-order valence-electron chi connectivity index (χ4n) is 3.12. The van der Waals surface area contributed by atoms with Crippen molar-refractivity contribution in [3.8, 4) is 5.75 Å². The Kier molecular flexibility index (Phi) is 8.42. The number of methoxy groups -OCH3 is 2. The van der Waals surface area contributed by atoms with Crippen molar-refractivity contribution < 1.29 is 23.8 Å². The van der Waals surface area contributed by atoms with Crippen LogP contribution in [0.4, 0.5) is 0 Å². The van der Waals surface area contributed by atoms with Crippen molar-refractivity contribution in [3.05, 3.63) is 48.2 Å². The fourth-order valence-corrected chi connectivity index (χ4v) is 3.12. The number of carbonyl (C=O) groups excluding carboxylic acids is 2. The molecule has 1 aliphatic heterocycles.